The molecule has 3 heterocycles. The number of ketones is 1. The highest BCUT2D eigenvalue weighted by molar-refractivity contribution is 7.10. The molecule has 2 N–H and O–H groups in total. The molecule has 180 valence electrons. The van der Waals surface area contributed by atoms with Gasteiger partial charge in [-0.1, -0.05) is 48.0 Å². The molecule has 36 heavy (non-hydrogen) atoms. The summed E-state index contributed by atoms with van der Waals surface area (Å²) in [6, 6.07) is 18.5. The van der Waals surface area contributed by atoms with Gasteiger partial charge in [0.1, 0.15) is 5.82 Å². The minimum atomic E-state index is -1.03. The molecule has 1 aliphatic heterocycles. The number of hydrogen-bond donors (Lipinski definition) is 2. The molecule has 1 aliphatic carbocycles. The van der Waals surface area contributed by atoms with E-state index in [1.807, 2.05) is 42.6 Å². The van der Waals surface area contributed by atoms with E-state index in [-0.39, 0.29) is 17.3 Å². The van der Waals surface area contributed by atoms with E-state index >= 15 is 0 Å². The number of aromatic carboxylic acids is 1. The number of fused-ring (bicyclic) bond motifs is 1. The van der Waals surface area contributed by atoms with Gasteiger partial charge in [-0.3, -0.25) is 4.79 Å². The van der Waals surface area contributed by atoms with Gasteiger partial charge >= 0.3 is 5.97 Å². The summed E-state index contributed by atoms with van der Waals surface area (Å²) in [6.07, 6.45) is 1.11. The SMILES string of the molecule is Cc1nn(-c2ccccc2C(=O)O)c2c1[C@H](c1ccccc1Cl)C1=C(C[C@H](c3cccs3)CC1=O)N2. The number of nitrogens with one attached hydrogen (secondary N) is 1. The normalized spacial score (nSPS) is 19.0. The third-order valence-corrected chi connectivity index (χ3v) is 8.36. The van der Waals surface area contributed by atoms with Crippen LogP contribution >= 0.6 is 22.9 Å². The number of rotatable bonds is 4. The molecule has 0 saturated heterocycles. The number of nitrogens with zero attached hydrogens (tertiary/aromatic N) is 2. The number of carbonyl (C=O) groups excluding carboxylic acids is 1. The smallest absolute Gasteiger partial charge is 0.337 e. The average Bonchev–Trinajstić information content (AvgIpc) is 3.52. The summed E-state index contributed by atoms with van der Waals surface area (Å²) in [5, 5.41) is 20.7. The lowest BCUT2D eigenvalue weighted by Gasteiger charge is -2.35. The van der Waals surface area contributed by atoms with E-state index in [0.29, 0.717) is 35.1 Å². The number of aromatic nitrogens is 2. The lowest BCUT2D eigenvalue weighted by atomic mass is 9.73. The fourth-order valence-corrected chi connectivity index (χ4v) is 6.51. The molecule has 2 atom stereocenters. The quantitative estimate of drug-likeness (QED) is 0.322. The second-order valence-electron chi connectivity index (χ2n) is 9.10. The number of thiophene rings is 1. The maximum atomic E-state index is 13.7. The molecular formula is C28H22ClN3O3S. The van der Waals surface area contributed by atoms with E-state index in [1.165, 1.54) is 4.88 Å². The highest BCUT2D eigenvalue weighted by Crippen LogP contribution is 2.51. The number of carboxylic acids is 1. The third-order valence-electron chi connectivity index (χ3n) is 6.99. The summed E-state index contributed by atoms with van der Waals surface area (Å²) in [6.45, 7) is 1.89. The Morgan fingerprint density at radius 3 is 2.64 bits per heavy atom. The van der Waals surface area contributed by atoms with Crippen molar-refractivity contribution in [2.45, 2.75) is 31.6 Å². The molecule has 8 heteroatoms. The van der Waals surface area contributed by atoms with Crippen LogP contribution in [0.15, 0.2) is 77.3 Å². The first-order valence-corrected chi connectivity index (χ1v) is 12.9. The first-order chi connectivity index (χ1) is 17.4. The van der Waals surface area contributed by atoms with Crippen LogP contribution in [0.2, 0.25) is 5.02 Å². The van der Waals surface area contributed by atoms with Crippen LogP contribution in [0.25, 0.3) is 5.69 Å². The number of carbonyl (C=O) groups is 2. The Morgan fingerprint density at radius 1 is 1.11 bits per heavy atom. The van der Waals surface area contributed by atoms with Gasteiger partial charge in [0.15, 0.2) is 5.78 Å². The van der Waals surface area contributed by atoms with E-state index in [1.54, 1.807) is 40.3 Å². The van der Waals surface area contributed by atoms with Gasteiger partial charge in [-0.15, -0.1) is 11.3 Å². The maximum Gasteiger partial charge on any atom is 0.337 e. The number of anilines is 1. The molecule has 2 aromatic carbocycles. The molecule has 0 fully saturated rings. The standard InChI is InChI=1S/C28H22ClN3O3S/c1-15-24-25(17-7-2-4-9-19(17)29)26-20(13-16(14-22(26)33)23-11-6-12-36-23)30-27(24)32(31-15)21-10-5-3-8-18(21)28(34)35/h2-12,16,25,30H,13-14H2,1H3,(H,34,35)/t16-,25-/m0/s1. The lowest BCUT2D eigenvalue weighted by molar-refractivity contribution is -0.116. The molecule has 0 amide bonds. The number of benzene rings is 2. The summed E-state index contributed by atoms with van der Waals surface area (Å²) in [5.74, 6) is -0.578. The molecular weight excluding hydrogens is 494 g/mol. The molecule has 0 saturated carbocycles. The van der Waals surface area contributed by atoms with Gasteiger partial charge in [0.05, 0.1) is 16.9 Å². The second kappa shape index (κ2) is 8.76. The van der Waals surface area contributed by atoms with Crippen molar-refractivity contribution in [1.82, 2.24) is 9.78 Å². The summed E-state index contributed by atoms with van der Waals surface area (Å²) in [7, 11) is 0. The van der Waals surface area contributed by atoms with Gasteiger partial charge in [0.25, 0.3) is 0 Å². The van der Waals surface area contributed by atoms with Crippen molar-refractivity contribution < 1.29 is 14.7 Å². The van der Waals surface area contributed by atoms with Crippen molar-refractivity contribution in [1.29, 1.82) is 0 Å². The van der Waals surface area contributed by atoms with E-state index < -0.39 is 11.9 Å². The Labute approximate surface area is 216 Å². The zero-order valence-corrected chi connectivity index (χ0v) is 20.9. The predicted octanol–water partition coefficient (Wildman–Crippen LogP) is 6.55. The van der Waals surface area contributed by atoms with Gasteiger partial charge in [-0.05, 0) is 48.6 Å². The minimum Gasteiger partial charge on any atom is -0.478 e. The Kier molecular flexibility index (Phi) is 5.54. The Hall–Kier alpha value is -3.68. The van der Waals surface area contributed by atoms with Crippen LogP contribution in [-0.2, 0) is 4.79 Å². The van der Waals surface area contributed by atoms with Crippen LogP contribution in [0, 0.1) is 6.92 Å². The van der Waals surface area contributed by atoms with Crippen molar-refractivity contribution >= 4 is 40.5 Å². The van der Waals surface area contributed by atoms with E-state index in [2.05, 4.69) is 11.4 Å². The van der Waals surface area contributed by atoms with Crippen LogP contribution in [-0.4, -0.2) is 26.6 Å². The zero-order valence-electron chi connectivity index (χ0n) is 19.4. The van der Waals surface area contributed by atoms with E-state index in [4.69, 9.17) is 16.7 Å². The fourth-order valence-electron chi connectivity index (χ4n) is 5.44. The van der Waals surface area contributed by atoms with Crippen molar-refractivity contribution in [3.05, 3.63) is 110 Å². The summed E-state index contributed by atoms with van der Waals surface area (Å²) < 4.78 is 1.65. The monoisotopic (exact) mass is 515 g/mol. The maximum absolute atomic E-state index is 13.7. The molecule has 6 rings (SSSR count). The van der Waals surface area contributed by atoms with Gasteiger partial charge in [0.2, 0.25) is 0 Å². The van der Waals surface area contributed by atoms with Crippen LogP contribution in [0.1, 0.15) is 56.7 Å². The van der Waals surface area contributed by atoms with Crippen LogP contribution in [0.4, 0.5) is 5.82 Å². The van der Waals surface area contributed by atoms with Crippen LogP contribution < -0.4 is 5.32 Å². The number of allylic oxidation sites excluding steroid dienone is 2. The molecule has 0 radical (unpaired) electrons. The van der Waals surface area contributed by atoms with Crippen molar-refractivity contribution in [3.63, 3.8) is 0 Å². The topological polar surface area (TPSA) is 84.2 Å². The number of halogens is 1. The zero-order chi connectivity index (χ0) is 25.0. The van der Waals surface area contributed by atoms with Crippen molar-refractivity contribution in [2.24, 2.45) is 0 Å². The van der Waals surface area contributed by atoms with E-state index in [0.717, 1.165) is 22.4 Å². The highest BCUT2D eigenvalue weighted by atomic mass is 35.5. The fraction of sp³-hybridized carbons (Fsp3) is 0.179. The van der Waals surface area contributed by atoms with Crippen LogP contribution in [0.5, 0.6) is 0 Å². The molecule has 4 aromatic rings. The first-order valence-electron chi connectivity index (χ1n) is 11.7. The van der Waals surface area contributed by atoms with Gasteiger partial charge in [0, 0.05) is 45.0 Å². The van der Waals surface area contributed by atoms with E-state index in [9.17, 15) is 14.7 Å². The number of hydrogen-bond acceptors (Lipinski definition) is 5. The predicted molar refractivity (Wildman–Crippen MR) is 141 cm³/mol. The van der Waals surface area contributed by atoms with Gasteiger partial charge in [-0.25, -0.2) is 9.48 Å². The molecule has 0 spiro atoms. The molecule has 0 bridgehead atoms. The van der Waals surface area contributed by atoms with Crippen molar-refractivity contribution in [3.8, 4) is 5.69 Å². The molecule has 2 aliphatic rings. The molecule has 0 unspecified atom stereocenters. The molecule has 6 nitrogen and oxygen atoms in total. The van der Waals surface area contributed by atoms with Crippen LogP contribution in [0.3, 0.4) is 0 Å². The number of para-hydroxylation sites is 1. The van der Waals surface area contributed by atoms with Crippen molar-refractivity contribution in [2.75, 3.05) is 5.32 Å². The Balaban J connectivity index is 1.58. The highest BCUT2D eigenvalue weighted by Gasteiger charge is 2.42. The number of Topliss-reactive ketones (excluding diaryl/α,β-unsaturated/α-hetero) is 1. The second-order valence-corrected chi connectivity index (χ2v) is 10.5. The first kappa shape index (κ1) is 22.8. The van der Waals surface area contributed by atoms with Gasteiger partial charge < -0.3 is 10.4 Å². The largest absolute Gasteiger partial charge is 0.478 e. The number of aryl methyl sites for hydroxylation is 1. The average molecular weight is 516 g/mol. The summed E-state index contributed by atoms with van der Waals surface area (Å²) in [5.41, 5.74) is 4.56. The summed E-state index contributed by atoms with van der Waals surface area (Å²) in [4.78, 5) is 26.9. The number of carboxylic acid groups (broad SMARTS) is 1. The Bertz CT molecular complexity index is 1550. The summed E-state index contributed by atoms with van der Waals surface area (Å²) >= 11 is 8.36. The Morgan fingerprint density at radius 2 is 1.89 bits per heavy atom. The van der Waals surface area contributed by atoms with Gasteiger partial charge in [-0.2, -0.15) is 5.10 Å². The lowest BCUT2D eigenvalue weighted by Crippen LogP contribution is -2.30. The minimum absolute atomic E-state index is 0.0842. The third kappa shape index (κ3) is 3.58. The molecule has 2 aromatic heterocycles.